The van der Waals surface area contributed by atoms with Crippen molar-refractivity contribution in [2.75, 3.05) is 16.4 Å². The number of nitrogens with one attached hydrogen (secondary N) is 1. The summed E-state index contributed by atoms with van der Waals surface area (Å²) >= 11 is 19.5. The maximum Gasteiger partial charge on any atom is 0.161 e. The normalized spacial score (nSPS) is 27.9. The molecule has 0 saturated carbocycles. The molecule has 0 unspecified atom stereocenters. The van der Waals surface area contributed by atoms with E-state index in [1.165, 1.54) is 11.8 Å². The summed E-state index contributed by atoms with van der Waals surface area (Å²) in [7, 11) is -3.08. The molecule has 9 heteroatoms. The first-order chi connectivity index (χ1) is 9.28. The second kappa shape index (κ2) is 4.95. The van der Waals surface area contributed by atoms with Gasteiger partial charge in [0.25, 0.3) is 0 Å². The van der Waals surface area contributed by atoms with E-state index in [-0.39, 0.29) is 28.0 Å². The second-order valence-corrected chi connectivity index (χ2v) is 9.33. The second-order valence-electron chi connectivity index (χ2n) is 4.69. The predicted molar refractivity (Wildman–Crippen MR) is 85.5 cm³/mol. The summed E-state index contributed by atoms with van der Waals surface area (Å²) in [5.41, 5.74) is 0.458. The quantitative estimate of drug-likeness (QED) is 0.823. The van der Waals surface area contributed by atoms with Crippen LogP contribution >= 0.6 is 46.6 Å². The lowest BCUT2D eigenvalue weighted by Crippen LogP contribution is -2.37. The molecular weight excluding hydrogens is 363 g/mol. The van der Waals surface area contributed by atoms with Crippen molar-refractivity contribution in [1.29, 1.82) is 5.41 Å². The molecule has 0 radical (unpaired) electrons. The molecule has 1 N–H and O–H groups in total. The van der Waals surface area contributed by atoms with Crippen LogP contribution in [0.4, 0.5) is 5.69 Å². The monoisotopic (exact) mass is 370 g/mol. The molecule has 4 nitrogen and oxygen atoms in total. The van der Waals surface area contributed by atoms with Gasteiger partial charge in [0.15, 0.2) is 15.0 Å². The van der Waals surface area contributed by atoms with E-state index in [2.05, 4.69) is 0 Å². The third-order valence-electron chi connectivity index (χ3n) is 3.31. The van der Waals surface area contributed by atoms with E-state index in [0.717, 1.165) is 0 Å². The molecule has 2 aliphatic rings. The molecule has 2 aliphatic heterocycles. The Kier molecular flexibility index (Phi) is 3.66. The Morgan fingerprint density at radius 3 is 2.40 bits per heavy atom. The Labute approximate surface area is 135 Å². The van der Waals surface area contributed by atoms with Gasteiger partial charge in [0.1, 0.15) is 0 Å². The summed E-state index contributed by atoms with van der Waals surface area (Å²) in [6.45, 7) is 0. The number of anilines is 1. The van der Waals surface area contributed by atoms with Gasteiger partial charge in [-0.25, -0.2) is 8.42 Å². The fourth-order valence-corrected chi connectivity index (χ4v) is 7.31. The van der Waals surface area contributed by atoms with Crippen LogP contribution in [0.2, 0.25) is 15.1 Å². The van der Waals surface area contributed by atoms with Crippen LogP contribution in [-0.4, -0.2) is 36.4 Å². The van der Waals surface area contributed by atoms with Crippen LogP contribution in [0.5, 0.6) is 0 Å². The lowest BCUT2D eigenvalue weighted by molar-refractivity contribution is 0.601. The van der Waals surface area contributed by atoms with Gasteiger partial charge in [0.05, 0.1) is 33.3 Å². The minimum absolute atomic E-state index is 0.0162. The first-order valence-electron chi connectivity index (χ1n) is 5.68. The lowest BCUT2D eigenvalue weighted by atomic mass is 10.2. The average Bonchev–Trinajstić information content (AvgIpc) is 2.70. The fourth-order valence-electron chi connectivity index (χ4n) is 2.53. The largest absolute Gasteiger partial charge is 0.313 e. The number of hydrogen-bond acceptors (Lipinski definition) is 4. The van der Waals surface area contributed by atoms with Crippen molar-refractivity contribution in [3.8, 4) is 0 Å². The van der Waals surface area contributed by atoms with Gasteiger partial charge in [-0.1, -0.05) is 46.6 Å². The number of rotatable bonds is 1. The number of fused-ring (bicyclic) bond motifs is 1. The van der Waals surface area contributed by atoms with Crippen molar-refractivity contribution in [3.63, 3.8) is 0 Å². The molecule has 2 fully saturated rings. The summed E-state index contributed by atoms with van der Waals surface area (Å²) in [4.78, 5) is 1.61. The van der Waals surface area contributed by atoms with Crippen LogP contribution in [0, 0.1) is 5.41 Å². The summed E-state index contributed by atoms with van der Waals surface area (Å²) in [6.07, 6.45) is 0. The molecule has 0 spiro atoms. The first kappa shape index (κ1) is 14.8. The van der Waals surface area contributed by atoms with Crippen LogP contribution in [0.15, 0.2) is 12.1 Å². The van der Waals surface area contributed by atoms with E-state index in [4.69, 9.17) is 40.2 Å². The summed E-state index contributed by atoms with van der Waals surface area (Å²) in [6, 6.07) is 2.78. The molecular formula is C11H9Cl3N2O2S2. The molecule has 0 bridgehead atoms. The summed E-state index contributed by atoms with van der Waals surface area (Å²) in [5, 5.41) is 9.22. The van der Waals surface area contributed by atoms with E-state index >= 15 is 0 Å². The standard InChI is InChI=1S/C11H9Cl3N2O2S2/c12-5-1-6(13)10(7(14)2-5)16-8-3-20(17,18)4-9(8)19-11(16)15/h1-2,8-9,15H,3-4H2/t8-,9-/m0/s1. The van der Waals surface area contributed by atoms with Crippen molar-refractivity contribution >= 4 is 67.3 Å². The van der Waals surface area contributed by atoms with Crippen LogP contribution in [-0.2, 0) is 9.84 Å². The fraction of sp³-hybridized carbons (Fsp3) is 0.364. The molecule has 0 amide bonds. The van der Waals surface area contributed by atoms with Gasteiger partial charge in [-0.3, -0.25) is 5.41 Å². The Morgan fingerprint density at radius 1 is 1.20 bits per heavy atom. The Bertz CT molecular complexity index is 685. The van der Waals surface area contributed by atoms with E-state index in [1.807, 2.05) is 0 Å². The van der Waals surface area contributed by atoms with E-state index in [0.29, 0.717) is 20.8 Å². The van der Waals surface area contributed by atoms with Crippen molar-refractivity contribution in [2.45, 2.75) is 11.3 Å². The zero-order valence-electron chi connectivity index (χ0n) is 9.94. The summed E-state index contributed by atoms with van der Waals surface area (Å²) < 4.78 is 23.5. The molecule has 2 atom stereocenters. The SMILES string of the molecule is N=C1S[C@H]2CS(=O)(=O)C[C@@H]2N1c1c(Cl)cc(Cl)cc1Cl. The Morgan fingerprint density at radius 2 is 1.80 bits per heavy atom. The van der Waals surface area contributed by atoms with Crippen LogP contribution < -0.4 is 4.90 Å². The number of benzene rings is 1. The maximum atomic E-state index is 11.8. The molecule has 2 saturated heterocycles. The first-order valence-corrected chi connectivity index (χ1v) is 9.51. The molecule has 1 aromatic rings. The lowest BCUT2D eigenvalue weighted by Gasteiger charge is -2.26. The van der Waals surface area contributed by atoms with Crippen molar-refractivity contribution in [3.05, 3.63) is 27.2 Å². The molecule has 0 aromatic heterocycles. The van der Waals surface area contributed by atoms with Crippen molar-refractivity contribution < 1.29 is 8.42 Å². The van der Waals surface area contributed by atoms with Crippen molar-refractivity contribution in [1.82, 2.24) is 0 Å². The zero-order valence-corrected chi connectivity index (χ0v) is 13.8. The van der Waals surface area contributed by atoms with Gasteiger partial charge in [-0.2, -0.15) is 0 Å². The van der Waals surface area contributed by atoms with E-state index in [9.17, 15) is 8.42 Å². The predicted octanol–water partition coefficient (Wildman–Crippen LogP) is 3.30. The van der Waals surface area contributed by atoms with Crippen LogP contribution in [0.3, 0.4) is 0 Å². The van der Waals surface area contributed by atoms with Gasteiger partial charge < -0.3 is 4.90 Å². The van der Waals surface area contributed by atoms with Gasteiger partial charge in [-0.15, -0.1) is 0 Å². The number of halogens is 3. The zero-order chi connectivity index (χ0) is 14.7. The third kappa shape index (κ3) is 2.41. The minimum Gasteiger partial charge on any atom is -0.313 e. The Balaban J connectivity index is 2.08. The highest BCUT2D eigenvalue weighted by Crippen LogP contribution is 2.45. The maximum absolute atomic E-state index is 11.8. The van der Waals surface area contributed by atoms with E-state index in [1.54, 1.807) is 17.0 Å². The molecule has 108 valence electrons. The number of amidine groups is 1. The number of thioether (sulfide) groups is 1. The topological polar surface area (TPSA) is 61.2 Å². The smallest absolute Gasteiger partial charge is 0.161 e. The van der Waals surface area contributed by atoms with Gasteiger partial charge in [0, 0.05) is 10.3 Å². The van der Waals surface area contributed by atoms with Gasteiger partial charge >= 0.3 is 0 Å². The number of hydrogen-bond donors (Lipinski definition) is 1. The third-order valence-corrected chi connectivity index (χ3v) is 7.23. The van der Waals surface area contributed by atoms with Gasteiger partial charge in [0.2, 0.25) is 0 Å². The number of sulfone groups is 1. The minimum atomic E-state index is -3.08. The molecule has 2 heterocycles. The summed E-state index contributed by atoms with van der Waals surface area (Å²) in [5.74, 6) is 0.104. The average molecular weight is 372 g/mol. The number of nitrogens with zero attached hydrogens (tertiary/aromatic N) is 1. The van der Waals surface area contributed by atoms with E-state index < -0.39 is 9.84 Å². The van der Waals surface area contributed by atoms with Crippen LogP contribution in [0.25, 0.3) is 0 Å². The Hall–Kier alpha value is -0.140. The molecule has 20 heavy (non-hydrogen) atoms. The highest BCUT2D eigenvalue weighted by atomic mass is 35.5. The molecule has 3 rings (SSSR count). The molecule has 0 aliphatic carbocycles. The van der Waals surface area contributed by atoms with Crippen LogP contribution in [0.1, 0.15) is 0 Å². The van der Waals surface area contributed by atoms with Gasteiger partial charge in [-0.05, 0) is 12.1 Å². The highest BCUT2D eigenvalue weighted by molar-refractivity contribution is 8.15. The highest BCUT2D eigenvalue weighted by Gasteiger charge is 2.49. The molecule has 1 aromatic carbocycles. The van der Waals surface area contributed by atoms with Crippen molar-refractivity contribution in [2.24, 2.45) is 0 Å².